The second-order valence-electron chi connectivity index (χ2n) is 5.40. The number of benzene rings is 1. The molecule has 2 heterocycles. The average molecular weight is 289 g/mol. The third-order valence-electron chi connectivity index (χ3n) is 3.97. The highest BCUT2D eigenvalue weighted by molar-refractivity contribution is 7.99. The van der Waals surface area contributed by atoms with Crippen molar-refractivity contribution in [2.75, 3.05) is 12.3 Å². The van der Waals surface area contributed by atoms with Gasteiger partial charge in [-0.25, -0.2) is 0 Å². The molecule has 20 heavy (non-hydrogen) atoms. The van der Waals surface area contributed by atoms with Gasteiger partial charge in [-0.3, -0.25) is 4.68 Å². The van der Waals surface area contributed by atoms with E-state index in [9.17, 15) is 0 Å². The van der Waals surface area contributed by atoms with Crippen LogP contribution >= 0.6 is 11.8 Å². The first-order valence-electron chi connectivity index (χ1n) is 7.65. The first-order valence-corrected chi connectivity index (χ1v) is 8.70. The Labute approximate surface area is 125 Å². The van der Waals surface area contributed by atoms with E-state index in [0.717, 1.165) is 24.9 Å². The van der Waals surface area contributed by atoms with E-state index in [1.54, 1.807) is 0 Å². The molecule has 1 unspecified atom stereocenters. The molecule has 3 rings (SSSR count). The molecule has 1 aromatic heterocycles. The van der Waals surface area contributed by atoms with Crippen LogP contribution in [0.5, 0.6) is 0 Å². The maximum atomic E-state index is 4.74. The molecule has 1 fully saturated rings. The molecule has 1 aromatic carbocycles. The number of hydrogen-bond donors (Lipinski definition) is 1. The van der Waals surface area contributed by atoms with Crippen LogP contribution in [0.15, 0.2) is 24.3 Å². The lowest BCUT2D eigenvalue weighted by molar-refractivity contribution is 0.585. The van der Waals surface area contributed by atoms with Crippen molar-refractivity contribution in [3.05, 3.63) is 30.0 Å². The number of aryl methyl sites for hydroxylation is 1. The minimum Gasteiger partial charge on any atom is -0.310 e. The van der Waals surface area contributed by atoms with Crippen molar-refractivity contribution in [2.24, 2.45) is 0 Å². The van der Waals surface area contributed by atoms with Gasteiger partial charge >= 0.3 is 0 Å². The molecule has 0 aliphatic carbocycles. The van der Waals surface area contributed by atoms with E-state index in [4.69, 9.17) is 5.10 Å². The predicted molar refractivity (Wildman–Crippen MR) is 87.2 cm³/mol. The van der Waals surface area contributed by atoms with Crippen molar-refractivity contribution in [3.63, 3.8) is 0 Å². The molecule has 1 aliphatic heterocycles. The molecule has 4 heteroatoms. The average Bonchev–Trinajstić information content (AvgIpc) is 2.87. The van der Waals surface area contributed by atoms with Crippen LogP contribution < -0.4 is 5.32 Å². The Balaban J connectivity index is 1.65. The highest BCUT2D eigenvalue weighted by Gasteiger charge is 2.14. The van der Waals surface area contributed by atoms with Crippen LogP contribution in [0.25, 0.3) is 10.9 Å². The molecule has 1 N–H and O–H groups in total. The lowest BCUT2D eigenvalue weighted by Crippen LogP contribution is -2.26. The zero-order valence-electron chi connectivity index (χ0n) is 12.1. The molecule has 1 saturated heterocycles. The van der Waals surface area contributed by atoms with Gasteiger partial charge in [-0.1, -0.05) is 24.6 Å². The van der Waals surface area contributed by atoms with E-state index in [1.807, 2.05) is 0 Å². The van der Waals surface area contributed by atoms with Crippen LogP contribution in [-0.4, -0.2) is 27.3 Å². The zero-order chi connectivity index (χ0) is 13.8. The molecule has 0 bridgehead atoms. The fourth-order valence-electron chi connectivity index (χ4n) is 2.89. The van der Waals surface area contributed by atoms with Crippen LogP contribution in [0.4, 0.5) is 0 Å². The van der Waals surface area contributed by atoms with Crippen molar-refractivity contribution in [3.8, 4) is 0 Å². The molecule has 3 nitrogen and oxygen atoms in total. The quantitative estimate of drug-likeness (QED) is 0.914. The Kier molecular flexibility index (Phi) is 4.63. The van der Waals surface area contributed by atoms with Crippen LogP contribution in [0.2, 0.25) is 0 Å². The van der Waals surface area contributed by atoms with Gasteiger partial charge in [0.05, 0.1) is 11.2 Å². The van der Waals surface area contributed by atoms with Gasteiger partial charge in [0, 0.05) is 30.3 Å². The van der Waals surface area contributed by atoms with Gasteiger partial charge in [-0.05, 0) is 31.6 Å². The lowest BCUT2D eigenvalue weighted by Gasteiger charge is -2.21. The van der Waals surface area contributed by atoms with Gasteiger partial charge in [0.2, 0.25) is 0 Å². The number of hydrogen-bond acceptors (Lipinski definition) is 3. The number of thioether (sulfide) groups is 1. The molecule has 0 radical (unpaired) electrons. The monoisotopic (exact) mass is 289 g/mol. The van der Waals surface area contributed by atoms with Crippen molar-refractivity contribution in [1.82, 2.24) is 15.1 Å². The summed E-state index contributed by atoms with van der Waals surface area (Å²) in [6.07, 6.45) is 4.15. The summed E-state index contributed by atoms with van der Waals surface area (Å²) >= 11 is 2.12. The SMILES string of the molecule is CCn1nc(CNCC2CCCCS2)c2ccccc21. The van der Waals surface area contributed by atoms with E-state index in [-0.39, 0.29) is 0 Å². The second kappa shape index (κ2) is 6.64. The molecule has 108 valence electrons. The maximum absolute atomic E-state index is 4.74. The van der Waals surface area contributed by atoms with Crippen molar-refractivity contribution < 1.29 is 0 Å². The second-order valence-corrected chi connectivity index (χ2v) is 6.81. The Morgan fingerprint density at radius 3 is 3.05 bits per heavy atom. The predicted octanol–water partition coefficient (Wildman–Crippen LogP) is 3.43. The van der Waals surface area contributed by atoms with Crippen LogP contribution in [0.3, 0.4) is 0 Å². The Hall–Kier alpha value is -1.00. The van der Waals surface area contributed by atoms with E-state index in [1.165, 1.54) is 41.6 Å². The van der Waals surface area contributed by atoms with Gasteiger partial charge in [0.15, 0.2) is 0 Å². The zero-order valence-corrected chi connectivity index (χ0v) is 13.0. The summed E-state index contributed by atoms with van der Waals surface area (Å²) in [6.45, 7) is 5.07. The van der Waals surface area contributed by atoms with Gasteiger partial charge < -0.3 is 5.32 Å². The summed E-state index contributed by atoms with van der Waals surface area (Å²) in [6, 6.07) is 8.53. The Morgan fingerprint density at radius 1 is 1.35 bits per heavy atom. The lowest BCUT2D eigenvalue weighted by atomic mass is 10.2. The molecule has 2 aromatic rings. The first kappa shape index (κ1) is 14.0. The minimum absolute atomic E-state index is 0.795. The van der Waals surface area contributed by atoms with E-state index >= 15 is 0 Å². The molecular formula is C16H23N3S. The molecule has 0 spiro atoms. The van der Waals surface area contributed by atoms with E-state index in [2.05, 4.69) is 52.9 Å². The van der Waals surface area contributed by atoms with Crippen molar-refractivity contribution in [2.45, 2.75) is 44.5 Å². The summed E-state index contributed by atoms with van der Waals surface area (Å²) in [5.74, 6) is 1.33. The van der Waals surface area contributed by atoms with Gasteiger partial charge in [0.25, 0.3) is 0 Å². The number of nitrogens with one attached hydrogen (secondary N) is 1. The third kappa shape index (κ3) is 3.01. The normalized spacial score (nSPS) is 19.6. The number of fused-ring (bicyclic) bond motifs is 1. The van der Waals surface area contributed by atoms with Crippen LogP contribution in [0, 0.1) is 0 Å². The highest BCUT2D eigenvalue weighted by Crippen LogP contribution is 2.24. The highest BCUT2D eigenvalue weighted by atomic mass is 32.2. The van der Waals surface area contributed by atoms with Gasteiger partial charge in [-0.15, -0.1) is 0 Å². The smallest absolute Gasteiger partial charge is 0.0841 e. The summed E-state index contributed by atoms with van der Waals surface area (Å²) in [5.41, 5.74) is 2.43. The largest absolute Gasteiger partial charge is 0.310 e. The summed E-state index contributed by atoms with van der Waals surface area (Å²) < 4.78 is 2.10. The van der Waals surface area contributed by atoms with Crippen molar-refractivity contribution in [1.29, 1.82) is 0 Å². The Bertz CT molecular complexity index is 558. The van der Waals surface area contributed by atoms with Gasteiger partial charge in [0.1, 0.15) is 0 Å². The van der Waals surface area contributed by atoms with E-state index < -0.39 is 0 Å². The Morgan fingerprint density at radius 2 is 2.25 bits per heavy atom. The van der Waals surface area contributed by atoms with Gasteiger partial charge in [-0.2, -0.15) is 16.9 Å². The minimum atomic E-state index is 0.795. The summed E-state index contributed by atoms with van der Waals surface area (Å²) in [5, 5.41) is 10.4. The fourth-order valence-corrected chi connectivity index (χ4v) is 4.16. The van der Waals surface area contributed by atoms with Crippen molar-refractivity contribution >= 4 is 22.7 Å². The number of nitrogens with zero attached hydrogens (tertiary/aromatic N) is 2. The van der Waals surface area contributed by atoms with Crippen LogP contribution in [-0.2, 0) is 13.1 Å². The standard InChI is InChI=1S/C16H23N3S/c1-2-19-16-9-4-3-8-14(16)15(18-19)12-17-11-13-7-5-6-10-20-13/h3-4,8-9,13,17H,2,5-7,10-12H2,1H3. The summed E-state index contributed by atoms with van der Waals surface area (Å²) in [7, 11) is 0. The number of para-hydroxylation sites is 1. The third-order valence-corrected chi connectivity index (χ3v) is 5.37. The molecular weight excluding hydrogens is 266 g/mol. The number of aromatic nitrogens is 2. The summed E-state index contributed by atoms with van der Waals surface area (Å²) in [4.78, 5) is 0. The fraction of sp³-hybridized carbons (Fsp3) is 0.562. The molecule has 1 aliphatic rings. The molecule has 0 amide bonds. The van der Waals surface area contributed by atoms with E-state index in [0.29, 0.717) is 0 Å². The van der Waals surface area contributed by atoms with Crippen LogP contribution in [0.1, 0.15) is 31.9 Å². The topological polar surface area (TPSA) is 29.9 Å². The molecule has 1 atom stereocenters. The first-order chi connectivity index (χ1) is 9.88. The molecule has 0 saturated carbocycles. The maximum Gasteiger partial charge on any atom is 0.0841 e. The number of rotatable bonds is 5.